The Balaban J connectivity index is 1.35. The number of carbonyl (C=O) groups is 1. The molecule has 1 saturated heterocycles. The van der Waals surface area contributed by atoms with Gasteiger partial charge in [-0.2, -0.15) is 0 Å². The highest BCUT2D eigenvalue weighted by Gasteiger charge is 2.29. The van der Waals surface area contributed by atoms with Crippen LogP contribution in [0.15, 0.2) is 79.0 Å². The van der Waals surface area contributed by atoms with Crippen molar-refractivity contribution in [3.05, 3.63) is 107 Å². The molecule has 0 bridgehead atoms. The summed E-state index contributed by atoms with van der Waals surface area (Å²) in [5.41, 5.74) is 3.61. The molecule has 0 unspecified atom stereocenters. The summed E-state index contributed by atoms with van der Waals surface area (Å²) in [4.78, 5) is 25.9. The predicted octanol–water partition coefficient (Wildman–Crippen LogP) is 4.46. The summed E-state index contributed by atoms with van der Waals surface area (Å²) in [6.45, 7) is 2.27. The van der Waals surface area contributed by atoms with Crippen LogP contribution >= 0.6 is 0 Å². The Morgan fingerprint density at radius 3 is 1.88 bits per heavy atom. The summed E-state index contributed by atoms with van der Waals surface area (Å²) in [5, 5.41) is 0. The molecule has 3 aromatic carbocycles. The smallest absolute Gasteiger partial charge is 0.274 e. The second-order valence-electron chi connectivity index (χ2n) is 8.08. The zero-order valence-electron chi connectivity index (χ0n) is 17.9. The second kappa shape index (κ2) is 9.03. The first kappa shape index (κ1) is 21.2. The second-order valence-corrected chi connectivity index (χ2v) is 8.08. The third-order valence-corrected chi connectivity index (χ3v) is 6.01. The number of amides is 1. The van der Waals surface area contributed by atoms with Crippen molar-refractivity contribution in [2.45, 2.75) is 6.04 Å². The fraction of sp³-hybridized carbons (Fsp3) is 0.192. The van der Waals surface area contributed by atoms with Gasteiger partial charge in [-0.25, -0.2) is 13.8 Å². The molecule has 166 valence electrons. The van der Waals surface area contributed by atoms with Crippen molar-refractivity contribution >= 4 is 16.9 Å². The summed E-state index contributed by atoms with van der Waals surface area (Å²) in [7, 11) is 0. The molecule has 0 saturated carbocycles. The molecular weight excluding hydrogens is 422 g/mol. The van der Waals surface area contributed by atoms with E-state index in [-0.39, 0.29) is 23.6 Å². The molecule has 1 aromatic heterocycles. The van der Waals surface area contributed by atoms with E-state index in [1.807, 2.05) is 24.3 Å². The van der Waals surface area contributed by atoms with Crippen molar-refractivity contribution in [3.63, 3.8) is 0 Å². The maximum atomic E-state index is 13.5. The Hall–Kier alpha value is -3.71. The summed E-state index contributed by atoms with van der Waals surface area (Å²) in [6.07, 6.45) is 1.52. The van der Waals surface area contributed by atoms with E-state index < -0.39 is 0 Å². The molecule has 7 heteroatoms. The van der Waals surface area contributed by atoms with Gasteiger partial charge in [-0.15, -0.1) is 0 Å². The Kier molecular flexibility index (Phi) is 5.79. The number of aromatic nitrogens is 2. The highest BCUT2D eigenvalue weighted by molar-refractivity contribution is 5.93. The molecule has 1 aliphatic heterocycles. The van der Waals surface area contributed by atoms with Crippen molar-refractivity contribution < 1.29 is 13.6 Å². The van der Waals surface area contributed by atoms with Crippen LogP contribution in [-0.4, -0.2) is 51.9 Å². The van der Waals surface area contributed by atoms with Crippen molar-refractivity contribution in [3.8, 4) is 0 Å². The Morgan fingerprint density at radius 1 is 0.758 bits per heavy atom. The minimum atomic E-state index is -0.302. The molecule has 1 fully saturated rings. The van der Waals surface area contributed by atoms with Crippen LogP contribution in [0.4, 0.5) is 8.78 Å². The van der Waals surface area contributed by atoms with E-state index in [9.17, 15) is 13.6 Å². The SMILES string of the molecule is O=C(c1cnc2ccccc2n1)N1CCN(C(c2ccc(F)cc2)c2ccc(F)cc2)CC1. The Bertz CT molecular complexity index is 1220. The quantitative estimate of drug-likeness (QED) is 0.467. The van der Waals surface area contributed by atoms with Crippen LogP contribution in [0, 0.1) is 11.6 Å². The maximum absolute atomic E-state index is 13.5. The number of halogens is 2. The van der Waals surface area contributed by atoms with Crippen molar-refractivity contribution in [1.29, 1.82) is 0 Å². The van der Waals surface area contributed by atoms with Gasteiger partial charge in [-0.05, 0) is 47.5 Å². The van der Waals surface area contributed by atoms with Crippen LogP contribution < -0.4 is 0 Å². The maximum Gasteiger partial charge on any atom is 0.274 e. The van der Waals surface area contributed by atoms with Gasteiger partial charge in [0.15, 0.2) is 0 Å². The monoisotopic (exact) mass is 444 g/mol. The number of hydrogen-bond donors (Lipinski definition) is 0. The number of rotatable bonds is 4. The number of hydrogen-bond acceptors (Lipinski definition) is 4. The Labute approximate surface area is 190 Å². The summed E-state index contributed by atoms with van der Waals surface area (Å²) in [5.74, 6) is -0.750. The van der Waals surface area contributed by atoms with Crippen molar-refractivity contribution in [2.75, 3.05) is 26.2 Å². The third kappa shape index (κ3) is 4.45. The molecule has 1 amide bonds. The minimum Gasteiger partial charge on any atom is -0.335 e. The van der Waals surface area contributed by atoms with E-state index in [2.05, 4.69) is 14.9 Å². The normalized spacial score (nSPS) is 14.7. The van der Waals surface area contributed by atoms with Gasteiger partial charge in [0.05, 0.1) is 23.3 Å². The van der Waals surface area contributed by atoms with E-state index in [1.165, 1.54) is 30.5 Å². The summed E-state index contributed by atoms with van der Waals surface area (Å²) < 4.78 is 27.1. The average Bonchev–Trinajstić information content (AvgIpc) is 2.86. The zero-order valence-corrected chi connectivity index (χ0v) is 17.9. The van der Waals surface area contributed by atoms with Crippen LogP contribution in [0.1, 0.15) is 27.7 Å². The van der Waals surface area contributed by atoms with Crippen LogP contribution in [0.3, 0.4) is 0 Å². The summed E-state index contributed by atoms with van der Waals surface area (Å²) >= 11 is 0. The molecule has 33 heavy (non-hydrogen) atoms. The van der Waals surface area contributed by atoms with Gasteiger partial charge >= 0.3 is 0 Å². The van der Waals surface area contributed by atoms with E-state index in [0.717, 1.165) is 16.6 Å². The molecule has 0 aliphatic carbocycles. The largest absolute Gasteiger partial charge is 0.335 e. The highest BCUT2D eigenvalue weighted by Crippen LogP contribution is 2.30. The van der Waals surface area contributed by atoms with E-state index in [0.29, 0.717) is 37.4 Å². The molecule has 5 rings (SSSR count). The third-order valence-electron chi connectivity index (χ3n) is 6.01. The fourth-order valence-corrected chi connectivity index (χ4v) is 4.31. The van der Waals surface area contributed by atoms with Crippen molar-refractivity contribution in [2.24, 2.45) is 0 Å². The Morgan fingerprint density at radius 2 is 1.30 bits per heavy atom. The standard InChI is InChI=1S/C26H22F2N4O/c27-20-9-5-18(6-10-20)25(19-7-11-21(28)12-8-19)31-13-15-32(16-14-31)26(33)24-17-29-22-3-1-2-4-23(22)30-24/h1-12,17,25H,13-16H2. The highest BCUT2D eigenvalue weighted by atomic mass is 19.1. The lowest BCUT2D eigenvalue weighted by atomic mass is 9.96. The van der Waals surface area contributed by atoms with Crippen LogP contribution in [0.25, 0.3) is 11.0 Å². The first-order valence-electron chi connectivity index (χ1n) is 10.8. The van der Waals surface area contributed by atoms with Gasteiger partial charge in [0, 0.05) is 26.2 Å². The first-order chi connectivity index (χ1) is 16.1. The van der Waals surface area contributed by atoms with Crippen molar-refractivity contribution in [1.82, 2.24) is 19.8 Å². The number of piperazine rings is 1. The number of carbonyl (C=O) groups excluding carboxylic acids is 1. The molecule has 0 radical (unpaired) electrons. The first-order valence-corrected chi connectivity index (χ1v) is 10.8. The number of para-hydroxylation sites is 2. The van der Waals surface area contributed by atoms with Gasteiger partial charge in [0.2, 0.25) is 0 Å². The molecule has 4 aromatic rings. The molecule has 0 atom stereocenters. The average molecular weight is 444 g/mol. The van der Waals surface area contributed by atoms with E-state index in [4.69, 9.17) is 0 Å². The number of nitrogens with zero attached hydrogens (tertiary/aromatic N) is 4. The molecule has 1 aliphatic rings. The van der Waals surface area contributed by atoms with Crippen LogP contribution in [0.5, 0.6) is 0 Å². The van der Waals surface area contributed by atoms with E-state index in [1.54, 1.807) is 29.2 Å². The molecule has 5 nitrogen and oxygen atoms in total. The lowest BCUT2D eigenvalue weighted by molar-refractivity contribution is 0.0591. The molecule has 2 heterocycles. The number of benzene rings is 3. The lowest BCUT2D eigenvalue weighted by Crippen LogP contribution is -2.50. The molecular formula is C26H22F2N4O. The van der Waals surface area contributed by atoms with Crippen LogP contribution in [0.2, 0.25) is 0 Å². The van der Waals surface area contributed by atoms with Gasteiger partial charge in [0.25, 0.3) is 5.91 Å². The lowest BCUT2D eigenvalue weighted by Gasteiger charge is -2.39. The molecule has 0 spiro atoms. The topological polar surface area (TPSA) is 49.3 Å². The predicted molar refractivity (Wildman–Crippen MR) is 122 cm³/mol. The minimum absolute atomic E-state index is 0.145. The zero-order chi connectivity index (χ0) is 22.8. The van der Waals surface area contributed by atoms with Gasteiger partial charge in [-0.3, -0.25) is 14.7 Å². The van der Waals surface area contributed by atoms with E-state index >= 15 is 0 Å². The van der Waals surface area contributed by atoms with Crippen LogP contribution in [-0.2, 0) is 0 Å². The van der Waals surface area contributed by atoms with Gasteiger partial charge in [-0.1, -0.05) is 36.4 Å². The fourth-order valence-electron chi connectivity index (χ4n) is 4.31. The molecule has 0 N–H and O–H groups in total. The summed E-state index contributed by atoms with van der Waals surface area (Å²) in [6, 6.07) is 20.1. The number of fused-ring (bicyclic) bond motifs is 1. The van der Waals surface area contributed by atoms with Gasteiger partial charge in [0.1, 0.15) is 17.3 Å². The van der Waals surface area contributed by atoms with Gasteiger partial charge < -0.3 is 4.90 Å².